The highest BCUT2D eigenvalue weighted by Gasteiger charge is 2.34. The summed E-state index contributed by atoms with van der Waals surface area (Å²) in [6.45, 7) is 0. The summed E-state index contributed by atoms with van der Waals surface area (Å²) in [5.41, 5.74) is 3.76. The first kappa shape index (κ1) is 13.1. The van der Waals surface area contributed by atoms with Crippen LogP contribution in [0.25, 0.3) is 11.1 Å². The zero-order chi connectivity index (χ0) is 15.3. The molecule has 0 saturated heterocycles. The van der Waals surface area contributed by atoms with E-state index < -0.39 is 0 Å². The number of carbonyl (C=O) groups excluding carboxylic acids is 1. The van der Waals surface area contributed by atoms with Gasteiger partial charge in [-0.15, -0.1) is 0 Å². The predicted octanol–water partition coefficient (Wildman–Crippen LogP) is 4.11. The molecule has 2 aromatic carbocycles. The summed E-state index contributed by atoms with van der Waals surface area (Å²) in [6, 6.07) is 8.65. The molecule has 2 N–H and O–H groups in total. The summed E-state index contributed by atoms with van der Waals surface area (Å²) in [5.74, 6) is 0.893. The van der Waals surface area contributed by atoms with Gasteiger partial charge in [0, 0.05) is 34.1 Å². The molecule has 3 aliphatic rings. The zero-order valence-electron chi connectivity index (χ0n) is 12.0. The average molecular weight is 292 g/mol. The Labute approximate surface area is 128 Å². The number of phenols is 2. The van der Waals surface area contributed by atoms with Gasteiger partial charge in [0.05, 0.1) is 0 Å². The largest absolute Gasteiger partial charge is 0.508 e. The molecule has 0 aliphatic heterocycles. The van der Waals surface area contributed by atoms with Crippen LogP contribution in [0.3, 0.4) is 0 Å². The second kappa shape index (κ2) is 4.73. The van der Waals surface area contributed by atoms with Crippen molar-refractivity contribution in [3.63, 3.8) is 0 Å². The van der Waals surface area contributed by atoms with Crippen molar-refractivity contribution in [1.82, 2.24) is 0 Å². The Bertz CT molecular complexity index is 787. The monoisotopic (exact) mass is 292 g/mol. The van der Waals surface area contributed by atoms with E-state index in [2.05, 4.69) is 12.2 Å². The molecule has 2 atom stereocenters. The predicted molar refractivity (Wildman–Crippen MR) is 84.5 cm³/mol. The Balaban J connectivity index is 1.90. The van der Waals surface area contributed by atoms with Crippen LogP contribution in [0.15, 0.2) is 42.5 Å². The third-order valence-corrected chi connectivity index (χ3v) is 4.82. The molecule has 0 amide bonds. The topological polar surface area (TPSA) is 57.5 Å². The fraction of sp³-hybridized carbons (Fsp3) is 0.211. The lowest BCUT2D eigenvalue weighted by atomic mass is 9.70. The number of hydrogen-bond acceptors (Lipinski definition) is 3. The fourth-order valence-electron chi connectivity index (χ4n) is 3.72. The highest BCUT2D eigenvalue weighted by Crippen LogP contribution is 2.54. The van der Waals surface area contributed by atoms with E-state index in [1.54, 1.807) is 30.3 Å². The van der Waals surface area contributed by atoms with Gasteiger partial charge in [0.25, 0.3) is 0 Å². The number of carbonyl (C=O) groups is 1. The van der Waals surface area contributed by atoms with E-state index in [0.29, 0.717) is 11.1 Å². The molecule has 3 heteroatoms. The number of aromatic hydroxyl groups is 2. The quantitative estimate of drug-likeness (QED) is 0.497. The summed E-state index contributed by atoms with van der Waals surface area (Å²) in [6.07, 6.45) is 7.09. The molecular formula is C19H16O3. The molecule has 3 nitrogen and oxygen atoms in total. The van der Waals surface area contributed by atoms with Gasteiger partial charge in [-0.25, -0.2) is 0 Å². The summed E-state index contributed by atoms with van der Waals surface area (Å²) < 4.78 is 0. The molecule has 110 valence electrons. The maximum Gasteiger partial charge on any atom is 0.150 e. The second-order valence-electron chi connectivity index (χ2n) is 6.03. The van der Waals surface area contributed by atoms with Crippen LogP contribution in [-0.4, -0.2) is 16.5 Å². The van der Waals surface area contributed by atoms with Crippen molar-refractivity contribution in [3.8, 4) is 22.6 Å². The summed E-state index contributed by atoms with van der Waals surface area (Å²) in [7, 11) is 0. The molecule has 0 spiro atoms. The maximum atomic E-state index is 10.8. The first-order valence-electron chi connectivity index (χ1n) is 7.51. The number of allylic oxidation sites excluding steroid dienone is 2. The van der Waals surface area contributed by atoms with E-state index in [0.717, 1.165) is 35.8 Å². The molecular weight excluding hydrogens is 276 g/mol. The van der Waals surface area contributed by atoms with Crippen LogP contribution in [0, 0.1) is 0 Å². The van der Waals surface area contributed by atoms with Crippen molar-refractivity contribution in [1.29, 1.82) is 0 Å². The minimum Gasteiger partial charge on any atom is -0.508 e. The number of aldehydes is 1. The molecule has 2 bridgehead atoms. The van der Waals surface area contributed by atoms with Gasteiger partial charge in [0.15, 0.2) is 0 Å². The van der Waals surface area contributed by atoms with Gasteiger partial charge in [-0.3, -0.25) is 4.79 Å². The van der Waals surface area contributed by atoms with Crippen molar-refractivity contribution in [2.24, 2.45) is 0 Å². The van der Waals surface area contributed by atoms with Crippen LogP contribution in [0.4, 0.5) is 0 Å². The molecule has 5 rings (SSSR count). The first-order valence-corrected chi connectivity index (χ1v) is 7.51. The molecule has 2 aromatic rings. The highest BCUT2D eigenvalue weighted by molar-refractivity contribution is 5.80. The average Bonchev–Trinajstić information content (AvgIpc) is 2.58. The number of fused-ring (bicyclic) bond motifs is 1. The normalized spacial score (nSPS) is 21.6. The Morgan fingerprint density at radius 1 is 0.955 bits per heavy atom. The number of phenolic OH excluding ortho intramolecular Hbond substituents is 2. The Morgan fingerprint density at radius 2 is 1.59 bits per heavy atom. The van der Waals surface area contributed by atoms with Crippen LogP contribution in [0.5, 0.6) is 11.5 Å². The van der Waals surface area contributed by atoms with E-state index in [9.17, 15) is 15.0 Å². The number of benzene rings is 2. The smallest absolute Gasteiger partial charge is 0.150 e. The summed E-state index contributed by atoms with van der Waals surface area (Å²) >= 11 is 0. The Morgan fingerprint density at radius 3 is 2.18 bits per heavy atom. The van der Waals surface area contributed by atoms with Gasteiger partial charge < -0.3 is 10.2 Å². The van der Waals surface area contributed by atoms with Crippen LogP contribution in [0.2, 0.25) is 0 Å². The first-order chi connectivity index (χ1) is 10.7. The van der Waals surface area contributed by atoms with E-state index in [-0.39, 0.29) is 23.3 Å². The second-order valence-corrected chi connectivity index (χ2v) is 6.03. The lowest BCUT2D eigenvalue weighted by Gasteiger charge is -2.35. The van der Waals surface area contributed by atoms with Crippen LogP contribution in [-0.2, 0) is 0 Å². The van der Waals surface area contributed by atoms with Crippen LogP contribution >= 0.6 is 0 Å². The van der Waals surface area contributed by atoms with Crippen molar-refractivity contribution in [3.05, 3.63) is 59.2 Å². The molecule has 0 heterocycles. The van der Waals surface area contributed by atoms with Crippen LogP contribution in [0.1, 0.15) is 46.2 Å². The van der Waals surface area contributed by atoms with Gasteiger partial charge >= 0.3 is 0 Å². The van der Waals surface area contributed by atoms with Crippen molar-refractivity contribution < 1.29 is 15.0 Å². The van der Waals surface area contributed by atoms with E-state index in [4.69, 9.17) is 0 Å². The third-order valence-electron chi connectivity index (χ3n) is 4.82. The lowest BCUT2D eigenvalue weighted by molar-refractivity contribution is 0.112. The number of hydrogen-bond donors (Lipinski definition) is 2. The third kappa shape index (κ3) is 1.78. The van der Waals surface area contributed by atoms with E-state index >= 15 is 0 Å². The molecule has 0 aromatic heterocycles. The molecule has 0 saturated carbocycles. The molecule has 2 unspecified atom stereocenters. The number of rotatable bonds is 2. The van der Waals surface area contributed by atoms with Crippen molar-refractivity contribution in [2.45, 2.75) is 24.7 Å². The van der Waals surface area contributed by atoms with Gasteiger partial charge in [-0.05, 0) is 24.5 Å². The van der Waals surface area contributed by atoms with Gasteiger partial charge in [-0.1, -0.05) is 36.4 Å². The highest BCUT2D eigenvalue weighted by atomic mass is 16.3. The van der Waals surface area contributed by atoms with Gasteiger partial charge in [0.1, 0.15) is 17.8 Å². The lowest BCUT2D eigenvalue weighted by Crippen LogP contribution is -2.17. The van der Waals surface area contributed by atoms with Gasteiger partial charge in [0.2, 0.25) is 0 Å². The summed E-state index contributed by atoms with van der Waals surface area (Å²) in [5, 5.41) is 21.2. The minimum atomic E-state index is 0.181. The SMILES string of the molecule is O=Cc1ccc(-c2cc(O)c3c(c2O)C2C=CC3CC2)cc1. The van der Waals surface area contributed by atoms with E-state index in [1.165, 1.54) is 0 Å². The maximum absolute atomic E-state index is 10.8. The summed E-state index contributed by atoms with van der Waals surface area (Å²) in [4.78, 5) is 10.8. The Kier molecular flexibility index (Phi) is 2.83. The van der Waals surface area contributed by atoms with E-state index in [1.807, 2.05) is 0 Å². The Hall–Kier alpha value is -2.55. The standard InChI is InChI=1S/C19H16O3/c20-10-11-1-3-12(4-2-11)15-9-16(21)17-13-5-7-14(8-6-13)18(17)19(15)22/h1-5,7,9-10,13-14,21-22H,6,8H2. The molecule has 0 radical (unpaired) electrons. The molecule has 22 heavy (non-hydrogen) atoms. The zero-order valence-corrected chi connectivity index (χ0v) is 12.0. The molecule has 0 fully saturated rings. The van der Waals surface area contributed by atoms with Crippen LogP contribution < -0.4 is 0 Å². The van der Waals surface area contributed by atoms with Crippen molar-refractivity contribution in [2.75, 3.05) is 0 Å². The fourth-order valence-corrected chi connectivity index (χ4v) is 3.72. The van der Waals surface area contributed by atoms with Crippen molar-refractivity contribution >= 4 is 6.29 Å². The molecule has 3 aliphatic carbocycles. The van der Waals surface area contributed by atoms with Gasteiger partial charge in [-0.2, -0.15) is 0 Å². The minimum absolute atomic E-state index is 0.181.